The standard InChI is InChI=1S/C19H18N4O5/c1-21(2)16(25)11-8-14(19(28)22(3)9-11)20-15(24)10-23-17(26)12-6-4-5-7-13(12)18(23)27/h4-9H,10H2,1-3H3,(H,20,24). The first-order valence-electron chi connectivity index (χ1n) is 8.38. The average molecular weight is 382 g/mol. The van der Waals surface area contributed by atoms with Crippen molar-refractivity contribution in [1.29, 1.82) is 0 Å². The van der Waals surface area contributed by atoms with E-state index in [1.165, 1.54) is 40.9 Å². The molecule has 1 N–H and O–H groups in total. The van der Waals surface area contributed by atoms with Crippen LogP contribution in [0.3, 0.4) is 0 Å². The van der Waals surface area contributed by atoms with Crippen LogP contribution in [0.1, 0.15) is 31.1 Å². The number of imide groups is 1. The summed E-state index contributed by atoms with van der Waals surface area (Å²) in [4.78, 5) is 63.6. The number of aryl methyl sites for hydroxylation is 1. The number of nitrogens with one attached hydrogen (secondary N) is 1. The first-order chi connectivity index (χ1) is 13.2. The van der Waals surface area contributed by atoms with Gasteiger partial charge in [0.05, 0.1) is 16.7 Å². The maximum atomic E-state index is 12.4. The molecule has 0 unspecified atom stereocenters. The minimum Gasteiger partial charge on any atom is -0.345 e. The van der Waals surface area contributed by atoms with Gasteiger partial charge in [0, 0.05) is 27.3 Å². The third kappa shape index (κ3) is 3.29. The SMILES string of the molecule is CN(C)C(=O)c1cc(NC(=O)CN2C(=O)c3ccccc3C2=O)c(=O)n(C)c1. The van der Waals surface area contributed by atoms with E-state index in [-0.39, 0.29) is 28.3 Å². The highest BCUT2D eigenvalue weighted by atomic mass is 16.2. The Bertz CT molecular complexity index is 1040. The Morgan fingerprint density at radius 1 is 1.04 bits per heavy atom. The summed E-state index contributed by atoms with van der Waals surface area (Å²) < 4.78 is 1.17. The summed E-state index contributed by atoms with van der Waals surface area (Å²) in [5.41, 5.74) is 0.0375. The number of pyridine rings is 1. The number of carbonyl (C=O) groups is 4. The summed E-state index contributed by atoms with van der Waals surface area (Å²) in [5, 5.41) is 2.39. The lowest BCUT2D eigenvalue weighted by Crippen LogP contribution is -2.38. The van der Waals surface area contributed by atoms with E-state index >= 15 is 0 Å². The first-order valence-corrected chi connectivity index (χ1v) is 8.38. The lowest BCUT2D eigenvalue weighted by Gasteiger charge is -2.15. The summed E-state index contributed by atoms with van der Waals surface area (Å²) in [5.74, 6) is -2.20. The normalized spacial score (nSPS) is 12.8. The molecule has 0 spiro atoms. The number of hydrogen-bond donors (Lipinski definition) is 1. The van der Waals surface area contributed by atoms with Crippen molar-refractivity contribution in [2.24, 2.45) is 7.05 Å². The van der Waals surface area contributed by atoms with Gasteiger partial charge in [-0.2, -0.15) is 0 Å². The molecule has 1 aliphatic rings. The van der Waals surface area contributed by atoms with Crippen molar-refractivity contribution in [1.82, 2.24) is 14.4 Å². The number of nitrogens with zero attached hydrogens (tertiary/aromatic N) is 3. The lowest BCUT2D eigenvalue weighted by molar-refractivity contribution is -0.116. The number of aromatic nitrogens is 1. The van der Waals surface area contributed by atoms with Crippen molar-refractivity contribution in [2.75, 3.05) is 26.0 Å². The van der Waals surface area contributed by atoms with Crippen molar-refractivity contribution in [3.63, 3.8) is 0 Å². The van der Waals surface area contributed by atoms with Gasteiger partial charge in [0.25, 0.3) is 23.3 Å². The molecule has 1 aliphatic heterocycles. The van der Waals surface area contributed by atoms with Crippen LogP contribution in [0, 0.1) is 0 Å². The van der Waals surface area contributed by atoms with Gasteiger partial charge >= 0.3 is 0 Å². The number of rotatable bonds is 4. The van der Waals surface area contributed by atoms with Gasteiger partial charge in [0.2, 0.25) is 5.91 Å². The van der Waals surface area contributed by atoms with E-state index in [9.17, 15) is 24.0 Å². The monoisotopic (exact) mass is 382 g/mol. The Hall–Kier alpha value is -3.75. The predicted molar refractivity (Wildman–Crippen MR) is 100 cm³/mol. The van der Waals surface area contributed by atoms with Gasteiger partial charge in [-0.15, -0.1) is 0 Å². The van der Waals surface area contributed by atoms with Gasteiger partial charge in [-0.3, -0.25) is 28.9 Å². The largest absolute Gasteiger partial charge is 0.345 e. The zero-order chi connectivity index (χ0) is 20.6. The molecule has 9 heteroatoms. The van der Waals surface area contributed by atoms with Gasteiger partial charge < -0.3 is 14.8 Å². The van der Waals surface area contributed by atoms with E-state index < -0.39 is 29.8 Å². The number of anilines is 1. The van der Waals surface area contributed by atoms with Gasteiger partial charge in [0.1, 0.15) is 12.2 Å². The number of fused-ring (bicyclic) bond motifs is 1. The number of benzene rings is 1. The molecule has 1 aromatic carbocycles. The topological polar surface area (TPSA) is 109 Å². The Morgan fingerprint density at radius 3 is 2.14 bits per heavy atom. The highest BCUT2D eigenvalue weighted by Gasteiger charge is 2.36. The van der Waals surface area contributed by atoms with Crippen molar-refractivity contribution < 1.29 is 19.2 Å². The summed E-state index contributed by atoms with van der Waals surface area (Å²) in [7, 11) is 4.58. The molecular formula is C19H18N4O5. The summed E-state index contributed by atoms with van der Waals surface area (Å²) >= 11 is 0. The molecule has 3 rings (SSSR count). The van der Waals surface area contributed by atoms with Crippen LogP contribution in [-0.4, -0.2) is 58.6 Å². The zero-order valence-corrected chi connectivity index (χ0v) is 15.6. The summed E-state index contributed by atoms with van der Waals surface area (Å²) in [6, 6.07) is 7.55. The molecule has 0 saturated carbocycles. The Balaban J connectivity index is 1.81. The molecule has 0 radical (unpaired) electrons. The number of amides is 4. The zero-order valence-electron chi connectivity index (χ0n) is 15.6. The van der Waals surface area contributed by atoms with Crippen LogP contribution in [0.5, 0.6) is 0 Å². The average Bonchev–Trinajstić information content (AvgIpc) is 2.89. The highest BCUT2D eigenvalue weighted by molar-refractivity contribution is 6.22. The minimum absolute atomic E-state index is 0.114. The van der Waals surface area contributed by atoms with E-state index in [2.05, 4.69) is 5.32 Å². The predicted octanol–water partition coefficient (Wildman–Crippen LogP) is 0.322. The Morgan fingerprint density at radius 2 is 1.61 bits per heavy atom. The van der Waals surface area contributed by atoms with Crippen LogP contribution in [0.15, 0.2) is 41.3 Å². The Kier molecular flexibility index (Phi) is 4.83. The fraction of sp³-hybridized carbons (Fsp3) is 0.211. The molecule has 0 fully saturated rings. The third-order valence-corrected chi connectivity index (χ3v) is 4.29. The second-order valence-corrected chi connectivity index (χ2v) is 6.55. The quantitative estimate of drug-likeness (QED) is 0.766. The van der Waals surface area contributed by atoms with Gasteiger partial charge in [0.15, 0.2) is 0 Å². The van der Waals surface area contributed by atoms with Crippen LogP contribution in [0.2, 0.25) is 0 Å². The molecule has 0 atom stereocenters. The molecule has 0 saturated heterocycles. The molecule has 9 nitrogen and oxygen atoms in total. The molecule has 2 heterocycles. The second kappa shape index (κ2) is 7.10. The van der Waals surface area contributed by atoms with Crippen LogP contribution >= 0.6 is 0 Å². The van der Waals surface area contributed by atoms with Crippen molar-refractivity contribution in [3.05, 3.63) is 63.6 Å². The van der Waals surface area contributed by atoms with Crippen molar-refractivity contribution in [2.45, 2.75) is 0 Å². The molecular weight excluding hydrogens is 364 g/mol. The molecule has 2 aromatic rings. The number of hydrogen-bond acceptors (Lipinski definition) is 5. The maximum Gasteiger partial charge on any atom is 0.274 e. The molecule has 28 heavy (non-hydrogen) atoms. The molecule has 4 amide bonds. The van der Waals surface area contributed by atoms with Gasteiger partial charge in [-0.1, -0.05) is 12.1 Å². The van der Waals surface area contributed by atoms with Crippen molar-refractivity contribution >= 4 is 29.3 Å². The molecule has 0 bridgehead atoms. The molecule has 144 valence electrons. The van der Waals surface area contributed by atoms with E-state index in [0.29, 0.717) is 0 Å². The second-order valence-electron chi connectivity index (χ2n) is 6.55. The highest BCUT2D eigenvalue weighted by Crippen LogP contribution is 2.22. The summed E-state index contributed by atoms with van der Waals surface area (Å²) in [6.45, 7) is -0.540. The first kappa shape index (κ1) is 19.0. The van der Waals surface area contributed by atoms with Crippen LogP contribution < -0.4 is 10.9 Å². The third-order valence-electron chi connectivity index (χ3n) is 4.29. The van der Waals surface area contributed by atoms with E-state index in [1.807, 2.05) is 0 Å². The van der Waals surface area contributed by atoms with Crippen molar-refractivity contribution in [3.8, 4) is 0 Å². The molecule has 1 aromatic heterocycles. The van der Waals surface area contributed by atoms with Gasteiger partial charge in [-0.25, -0.2) is 0 Å². The van der Waals surface area contributed by atoms with Gasteiger partial charge in [-0.05, 0) is 18.2 Å². The Labute approximate surface area is 160 Å². The van der Waals surface area contributed by atoms with E-state index in [0.717, 1.165) is 4.90 Å². The molecule has 0 aliphatic carbocycles. The van der Waals surface area contributed by atoms with Crippen LogP contribution in [0.4, 0.5) is 5.69 Å². The van der Waals surface area contributed by atoms with Crippen LogP contribution in [0.25, 0.3) is 0 Å². The minimum atomic E-state index is -0.721. The van der Waals surface area contributed by atoms with Crippen LogP contribution in [-0.2, 0) is 11.8 Å². The number of carbonyl (C=O) groups excluding carboxylic acids is 4. The fourth-order valence-electron chi connectivity index (χ4n) is 2.89. The van der Waals surface area contributed by atoms with E-state index in [4.69, 9.17) is 0 Å². The fourth-order valence-corrected chi connectivity index (χ4v) is 2.89. The lowest BCUT2D eigenvalue weighted by atomic mass is 10.1. The maximum absolute atomic E-state index is 12.4. The summed E-state index contributed by atoms with van der Waals surface area (Å²) in [6.07, 6.45) is 1.37. The smallest absolute Gasteiger partial charge is 0.274 e. The van der Waals surface area contributed by atoms with E-state index in [1.54, 1.807) is 26.2 Å².